The summed E-state index contributed by atoms with van der Waals surface area (Å²) in [6.45, 7) is 0. The number of amides is 1. The third-order valence-corrected chi connectivity index (χ3v) is 9.75. The number of nitrogens with one attached hydrogen (secondary N) is 3. The molecule has 0 bridgehead atoms. The van der Waals surface area contributed by atoms with Crippen LogP contribution in [-0.4, -0.2) is 32.7 Å². The van der Waals surface area contributed by atoms with Gasteiger partial charge in [0.05, 0.1) is 32.2 Å². The first-order valence-corrected chi connectivity index (χ1v) is 17.3. The number of benzene rings is 5. The molecule has 18 heteroatoms. The van der Waals surface area contributed by atoms with Crippen molar-refractivity contribution < 1.29 is 39.2 Å². The number of sulfonamides is 2. The zero-order chi connectivity index (χ0) is 36.9. The minimum atomic E-state index is -4.14. The Labute approximate surface area is 288 Å². The van der Waals surface area contributed by atoms with E-state index in [2.05, 4.69) is 20.0 Å². The van der Waals surface area contributed by atoms with Gasteiger partial charge in [0, 0.05) is 5.39 Å². The molecule has 0 atom stereocenters. The van der Waals surface area contributed by atoms with Crippen LogP contribution in [0, 0.1) is 23.3 Å². The highest BCUT2D eigenvalue weighted by molar-refractivity contribution is 7.93. The number of rotatable bonds is 8. The maximum Gasteiger partial charge on any atom is 0.261 e. The molecule has 0 aliphatic rings. The summed E-state index contributed by atoms with van der Waals surface area (Å²) in [6, 6.07) is 22.8. The number of nitrogens with two attached hydrogens (primary N) is 2. The van der Waals surface area contributed by atoms with Crippen molar-refractivity contribution in [3.05, 3.63) is 138 Å². The Morgan fingerprint density at radius 2 is 1.14 bits per heavy atom. The Kier molecular flexibility index (Phi) is 10.4. The van der Waals surface area contributed by atoms with E-state index in [0.29, 0.717) is 5.39 Å². The van der Waals surface area contributed by atoms with E-state index in [1.54, 1.807) is 18.2 Å². The van der Waals surface area contributed by atoms with Crippen LogP contribution in [0.1, 0.15) is 10.4 Å². The smallest absolute Gasteiger partial charge is 0.261 e. The van der Waals surface area contributed by atoms with Crippen LogP contribution in [-0.2, 0) is 20.0 Å². The summed E-state index contributed by atoms with van der Waals surface area (Å²) in [5, 5.41) is 2.54. The molecule has 7 N–H and O–H groups in total. The predicted octanol–water partition coefficient (Wildman–Crippen LogP) is 5.89. The SMILES string of the molecule is Nc1c(F)ccc(NS(=O)(=O)c2ccccc2)c1F.Nc1ncnc2c(C(=O)Nc3c(F)ccc(NS(=O)(=O)c4ccccc4)c3F)cccc12. The number of aromatic nitrogens is 2. The number of anilines is 5. The fourth-order valence-electron chi connectivity index (χ4n) is 4.47. The molecular weight excluding hydrogens is 715 g/mol. The molecule has 0 saturated heterocycles. The first-order chi connectivity index (χ1) is 24.2. The van der Waals surface area contributed by atoms with Gasteiger partial charge in [-0.1, -0.05) is 42.5 Å². The largest absolute Gasteiger partial charge is 0.394 e. The van der Waals surface area contributed by atoms with Crippen LogP contribution < -0.4 is 26.2 Å². The number of halogens is 4. The first kappa shape index (κ1) is 36.0. The minimum Gasteiger partial charge on any atom is -0.394 e. The van der Waals surface area contributed by atoms with Gasteiger partial charge < -0.3 is 16.8 Å². The van der Waals surface area contributed by atoms with E-state index >= 15 is 4.39 Å². The van der Waals surface area contributed by atoms with Crippen LogP contribution in [0.5, 0.6) is 0 Å². The number of hydrogen-bond acceptors (Lipinski definition) is 9. The van der Waals surface area contributed by atoms with Crippen molar-refractivity contribution >= 4 is 65.4 Å². The number of carbonyl (C=O) groups is 1. The first-order valence-electron chi connectivity index (χ1n) is 14.4. The lowest BCUT2D eigenvalue weighted by atomic mass is 10.1. The maximum atomic E-state index is 15.0. The molecule has 1 heterocycles. The molecule has 0 radical (unpaired) electrons. The third-order valence-electron chi connectivity index (χ3n) is 6.99. The molecule has 0 fully saturated rings. The lowest BCUT2D eigenvalue weighted by Crippen LogP contribution is -2.18. The zero-order valence-corrected chi connectivity index (χ0v) is 27.4. The molecule has 0 saturated carbocycles. The molecule has 51 heavy (non-hydrogen) atoms. The number of hydrogen-bond donors (Lipinski definition) is 5. The van der Waals surface area contributed by atoms with Gasteiger partial charge in [0.2, 0.25) is 0 Å². The molecule has 1 aromatic heterocycles. The second kappa shape index (κ2) is 14.7. The van der Waals surface area contributed by atoms with E-state index in [4.69, 9.17) is 11.5 Å². The van der Waals surface area contributed by atoms with Gasteiger partial charge in [-0.3, -0.25) is 14.2 Å². The summed E-state index contributed by atoms with van der Waals surface area (Å²) >= 11 is 0. The van der Waals surface area contributed by atoms with E-state index < -0.39 is 72.0 Å². The number of carbonyl (C=O) groups excluding carboxylic acids is 1. The van der Waals surface area contributed by atoms with Crippen molar-refractivity contribution in [3.8, 4) is 0 Å². The van der Waals surface area contributed by atoms with E-state index in [1.165, 1.54) is 60.7 Å². The molecule has 6 aromatic rings. The highest BCUT2D eigenvalue weighted by Gasteiger charge is 2.23. The molecule has 1 amide bonds. The van der Waals surface area contributed by atoms with Crippen LogP contribution in [0.3, 0.4) is 0 Å². The van der Waals surface area contributed by atoms with Crippen molar-refractivity contribution in [2.75, 3.05) is 26.2 Å². The predicted molar refractivity (Wildman–Crippen MR) is 184 cm³/mol. The highest BCUT2D eigenvalue weighted by atomic mass is 32.2. The molecule has 5 aromatic carbocycles. The standard InChI is InChI=1S/C21H15F2N5O3S.C12H10F2N2O2S/c22-15-9-10-16(28-32(30,31)12-5-2-1-3-6-12)17(23)19(15)27-21(29)14-8-4-7-13-18(14)25-11-26-20(13)24;13-9-6-7-10(11(14)12(9)15)16-19(17,18)8-4-2-1-3-5-8/h1-11,28H,(H,27,29)(H2,24,25,26);1-7,16H,15H2. The van der Waals surface area contributed by atoms with Crippen LogP contribution in [0.4, 0.5) is 46.1 Å². The minimum absolute atomic E-state index is 0.00525. The molecule has 0 spiro atoms. The Bertz CT molecular complexity index is 2480. The number of para-hydroxylation sites is 1. The molecule has 0 aliphatic carbocycles. The Morgan fingerprint density at radius 1 is 0.608 bits per heavy atom. The topological polar surface area (TPSA) is 199 Å². The molecule has 0 aliphatic heterocycles. The third kappa shape index (κ3) is 7.97. The summed E-state index contributed by atoms with van der Waals surface area (Å²) in [6.07, 6.45) is 1.16. The van der Waals surface area contributed by atoms with Crippen molar-refractivity contribution in [2.45, 2.75) is 9.79 Å². The normalized spacial score (nSPS) is 11.3. The van der Waals surface area contributed by atoms with Gasteiger partial charge in [0.1, 0.15) is 35.2 Å². The van der Waals surface area contributed by atoms with E-state index in [0.717, 1.165) is 30.6 Å². The molecule has 262 valence electrons. The average Bonchev–Trinajstić information content (AvgIpc) is 3.12. The molecule has 6 rings (SSSR count). The van der Waals surface area contributed by atoms with Gasteiger partial charge in [-0.2, -0.15) is 0 Å². The fraction of sp³-hybridized carbons (Fsp3) is 0. The van der Waals surface area contributed by atoms with Gasteiger partial charge in [-0.25, -0.2) is 44.4 Å². The van der Waals surface area contributed by atoms with Gasteiger partial charge in [-0.05, 0) is 60.7 Å². The summed E-state index contributed by atoms with van der Waals surface area (Å²) in [5.74, 6) is -5.19. The van der Waals surface area contributed by atoms with Crippen molar-refractivity contribution in [1.29, 1.82) is 0 Å². The summed E-state index contributed by atoms with van der Waals surface area (Å²) in [4.78, 5) is 20.5. The van der Waals surface area contributed by atoms with E-state index in [9.17, 15) is 34.8 Å². The second-order valence-corrected chi connectivity index (χ2v) is 13.7. The fourth-order valence-corrected chi connectivity index (χ4v) is 6.63. The second-order valence-electron chi connectivity index (χ2n) is 10.4. The Hall–Kier alpha value is -6.27. The molecular formula is C33H25F4N7O5S2. The summed E-state index contributed by atoms with van der Waals surface area (Å²) in [5.41, 5.74) is 8.66. The van der Waals surface area contributed by atoms with Gasteiger partial charge in [0.25, 0.3) is 26.0 Å². The van der Waals surface area contributed by atoms with E-state index in [1.807, 2.05) is 4.72 Å². The van der Waals surface area contributed by atoms with Crippen molar-refractivity contribution in [2.24, 2.45) is 0 Å². The van der Waals surface area contributed by atoms with Crippen LogP contribution in [0.2, 0.25) is 0 Å². The van der Waals surface area contributed by atoms with Crippen LogP contribution >= 0.6 is 0 Å². The molecule has 12 nitrogen and oxygen atoms in total. The van der Waals surface area contributed by atoms with Gasteiger partial charge in [-0.15, -0.1) is 0 Å². The lowest BCUT2D eigenvalue weighted by molar-refractivity contribution is 0.102. The Morgan fingerprint density at radius 3 is 1.71 bits per heavy atom. The molecule has 0 unspecified atom stereocenters. The summed E-state index contributed by atoms with van der Waals surface area (Å²) < 4.78 is 109. The van der Waals surface area contributed by atoms with Crippen LogP contribution in [0.15, 0.2) is 119 Å². The summed E-state index contributed by atoms with van der Waals surface area (Å²) in [7, 11) is -8.07. The Balaban J connectivity index is 0.000000226. The van der Waals surface area contributed by atoms with E-state index in [-0.39, 0.29) is 26.7 Å². The van der Waals surface area contributed by atoms with Crippen molar-refractivity contribution in [3.63, 3.8) is 0 Å². The average molecular weight is 740 g/mol. The van der Waals surface area contributed by atoms with Gasteiger partial charge in [0.15, 0.2) is 11.6 Å². The lowest BCUT2D eigenvalue weighted by Gasteiger charge is -2.14. The maximum absolute atomic E-state index is 15.0. The number of nitrogen functional groups attached to an aromatic ring is 2. The monoisotopic (exact) mass is 739 g/mol. The number of fused-ring (bicyclic) bond motifs is 1. The van der Waals surface area contributed by atoms with Gasteiger partial charge >= 0.3 is 0 Å². The number of nitrogens with zero attached hydrogens (tertiary/aromatic N) is 2. The quantitative estimate of drug-likeness (QED) is 0.0933. The highest BCUT2D eigenvalue weighted by Crippen LogP contribution is 2.29. The van der Waals surface area contributed by atoms with Crippen LogP contribution in [0.25, 0.3) is 10.9 Å². The zero-order valence-electron chi connectivity index (χ0n) is 25.8. The van der Waals surface area contributed by atoms with Crippen molar-refractivity contribution in [1.82, 2.24) is 9.97 Å².